The molecule has 0 aromatic carbocycles. The number of allylic oxidation sites excluding steroid dienone is 1. The van der Waals surface area contributed by atoms with Crippen LogP contribution in [-0.2, 0) is 4.79 Å². The van der Waals surface area contributed by atoms with Gasteiger partial charge in [0.15, 0.2) is 0 Å². The van der Waals surface area contributed by atoms with Crippen molar-refractivity contribution in [3.05, 3.63) is 11.6 Å². The van der Waals surface area contributed by atoms with Crippen molar-refractivity contribution in [1.29, 1.82) is 0 Å². The highest BCUT2D eigenvalue weighted by Crippen LogP contribution is 2.61. The predicted octanol–water partition coefficient (Wildman–Crippen LogP) is 4.65. The van der Waals surface area contributed by atoms with Gasteiger partial charge < -0.3 is 10.2 Å². The molecule has 0 aromatic heterocycles. The molecule has 0 aliphatic heterocycles. The number of aliphatic carboxylic acids is 1. The number of aliphatic hydroxyl groups is 1. The van der Waals surface area contributed by atoms with Crippen LogP contribution in [0.1, 0.15) is 72.6 Å². The average Bonchev–Trinajstić information content (AvgIpc) is 2.48. The van der Waals surface area contributed by atoms with Gasteiger partial charge in [-0.25, -0.2) is 0 Å². The second-order valence-electron chi connectivity index (χ2n) is 8.62. The quantitative estimate of drug-likeness (QED) is 0.700. The SMILES string of the molecule is C[C@@H](CC[C@@]1(C)[C@H](C)CC[C@@]2(C)C(CO)=CCC[C@H]12)CC(=O)O. The molecule has 132 valence electrons. The van der Waals surface area contributed by atoms with Crippen LogP contribution in [0.25, 0.3) is 0 Å². The van der Waals surface area contributed by atoms with E-state index in [2.05, 4.69) is 33.8 Å². The Labute approximate surface area is 141 Å². The molecule has 3 heteroatoms. The molecule has 0 aromatic rings. The summed E-state index contributed by atoms with van der Waals surface area (Å²) in [5.41, 5.74) is 1.61. The van der Waals surface area contributed by atoms with Gasteiger partial charge in [0.2, 0.25) is 0 Å². The summed E-state index contributed by atoms with van der Waals surface area (Å²) >= 11 is 0. The number of rotatable bonds is 6. The minimum absolute atomic E-state index is 0.129. The third-order valence-electron chi connectivity index (χ3n) is 7.24. The van der Waals surface area contributed by atoms with Gasteiger partial charge in [-0.05, 0) is 72.7 Å². The van der Waals surface area contributed by atoms with Crippen molar-refractivity contribution < 1.29 is 15.0 Å². The van der Waals surface area contributed by atoms with Gasteiger partial charge in [-0.2, -0.15) is 0 Å². The fourth-order valence-electron chi connectivity index (χ4n) is 5.40. The van der Waals surface area contributed by atoms with Crippen molar-refractivity contribution in [3.63, 3.8) is 0 Å². The van der Waals surface area contributed by atoms with Crippen LogP contribution in [0.3, 0.4) is 0 Å². The summed E-state index contributed by atoms with van der Waals surface area (Å²) in [5.74, 6) is 0.812. The van der Waals surface area contributed by atoms with E-state index in [1.54, 1.807) is 0 Å². The monoisotopic (exact) mass is 322 g/mol. The second kappa shape index (κ2) is 6.96. The van der Waals surface area contributed by atoms with Crippen molar-refractivity contribution in [2.45, 2.75) is 72.6 Å². The Hall–Kier alpha value is -0.830. The maximum absolute atomic E-state index is 10.9. The zero-order valence-corrected chi connectivity index (χ0v) is 15.3. The summed E-state index contributed by atoms with van der Waals surface area (Å²) in [5, 5.41) is 18.8. The third-order valence-corrected chi connectivity index (χ3v) is 7.24. The normalized spacial score (nSPS) is 38.6. The van der Waals surface area contributed by atoms with Gasteiger partial charge in [0.1, 0.15) is 0 Å². The first-order chi connectivity index (χ1) is 10.7. The van der Waals surface area contributed by atoms with E-state index in [4.69, 9.17) is 5.11 Å². The van der Waals surface area contributed by atoms with Crippen LogP contribution < -0.4 is 0 Å². The van der Waals surface area contributed by atoms with Gasteiger partial charge in [-0.3, -0.25) is 4.79 Å². The number of hydrogen-bond acceptors (Lipinski definition) is 2. The van der Waals surface area contributed by atoms with Crippen LogP contribution >= 0.6 is 0 Å². The van der Waals surface area contributed by atoms with E-state index >= 15 is 0 Å². The molecule has 1 saturated carbocycles. The maximum Gasteiger partial charge on any atom is 0.303 e. The van der Waals surface area contributed by atoms with Crippen LogP contribution in [0.4, 0.5) is 0 Å². The fraction of sp³-hybridized carbons (Fsp3) is 0.850. The van der Waals surface area contributed by atoms with Crippen molar-refractivity contribution in [1.82, 2.24) is 0 Å². The Balaban J connectivity index is 2.18. The lowest BCUT2D eigenvalue weighted by atomic mass is 9.46. The highest BCUT2D eigenvalue weighted by Gasteiger charge is 2.53. The van der Waals surface area contributed by atoms with Crippen LogP contribution in [0, 0.1) is 28.6 Å². The summed E-state index contributed by atoms with van der Waals surface area (Å²) < 4.78 is 0. The Kier molecular flexibility index (Phi) is 5.60. The number of carboxylic acids is 1. The number of carbonyl (C=O) groups is 1. The minimum atomic E-state index is -0.688. The van der Waals surface area contributed by atoms with Gasteiger partial charge in [-0.1, -0.05) is 33.8 Å². The van der Waals surface area contributed by atoms with E-state index < -0.39 is 5.97 Å². The third kappa shape index (κ3) is 3.50. The van der Waals surface area contributed by atoms with Crippen LogP contribution in [0.2, 0.25) is 0 Å². The smallest absolute Gasteiger partial charge is 0.303 e. The Morgan fingerprint density at radius 2 is 2.09 bits per heavy atom. The van der Waals surface area contributed by atoms with Gasteiger partial charge in [0.05, 0.1) is 6.61 Å². The molecule has 2 aliphatic carbocycles. The van der Waals surface area contributed by atoms with E-state index in [0.717, 1.165) is 19.3 Å². The predicted molar refractivity (Wildman–Crippen MR) is 93.2 cm³/mol. The highest BCUT2D eigenvalue weighted by molar-refractivity contribution is 5.66. The van der Waals surface area contributed by atoms with E-state index in [-0.39, 0.29) is 29.8 Å². The Morgan fingerprint density at radius 3 is 2.70 bits per heavy atom. The van der Waals surface area contributed by atoms with Crippen molar-refractivity contribution >= 4 is 5.97 Å². The molecule has 0 saturated heterocycles. The Bertz CT molecular complexity index is 470. The van der Waals surface area contributed by atoms with E-state index in [9.17, 15) is 9.90 Å². The first-order valence-electron chi connectivity index (χ1n) is 9.26. The molecule has 0 spiro atoms. The summed E-state index contributed by atoms with van der Waals surface area (Å²) in [6.07, 6.45) is 9.27. The Morgan fingerprint density at radius 1 is 1.39 bits per heavy atom. The molecule has 5 atom stereocenters. The molecule has 0 bridgehead atoms. The first-order valence-corrected chi connectivity index (χ1v) is 9.26. The lowest BCUT2D eigenvalue weighted by Crippen LogP contribution is -2.50. The summed E-state index contributed by atoms with van der Waals surface area (Å²) in [6.45, 7) is 9.40. The van der Waals surface area contributed by atoms with Crippen molar-refractivity contribution in [3.8, 4) is 0 Å². The zero-order chi connectivity index (χ0) is 17.3. The molecule has 1 fully saturated rings. The van der Waals surface area contributed by atoms with Gasteiger partial charge in [0, 0.05) is 6.42 Å². The minimum Gasteiger partial charge on any atom is -0.481 e. The standard InChI is InChI=1S/C20H34O3/c1-14(12-18(22)23)8-10-19(3)15(2)9-11-20(4)16(13-21)6-5-7-17(19)20/h6,14-15,17,21H,5,7-13H2,1-4H3,(H,22,23)/t14-,15+,17+,19-,20-/m0/s1. The maximum atomic E-state index is 10.9. The topological polar surface area (TPSA) is 57.5 Å². The van der Waals surface area contributed by atoms with Crippen LogP contribution in [-0.4, -0.2) is 22.8 Å². The molecule has 0 amide bonds. The largest absolute Gasteiger partial charge is 0.481 e. The lowest BCUT2D eigenvalue weighted by Gasteiger charge is -2.58. The molecular weight excluding hydrogens is 288 g/mol. The van der Waals surface area contributed by atoms with E-state index in [1.165, 1.54) is 24.8 Å². The molecule has 0 heterocycles. The molecule has 0 unspecified atom stereocenters. The summed E-state index contributed by atoms with van der Waals surface area (Å²) in [4.78, 5) is 10.9. The molecule has 2 aliphatic rings. The molecule has 2 rings (SSSR count). The number of hydrogen-bond donors (Lipinski definition) is 2. The summed E-state index contributed by atoms with van der Waals surface area (Å²) in [6, 6.07) is 0. The fourth-order valence-corrected chi connectivity index (χ4v) is 5.40. The number of aliphatic hydroxyl groups excluding tert-OH is 1. The van der Waals surface area contributed by atoms with Gasteiger partial charge in [-0.15, -0.1) is 0 Å². The lowest BCUT2D eigenvalue weighted by molar-refractivity contribution is -0.138. The number of fused-ring (bicyclic) bond motifs is 1. The highest BCUT2D eigenvalue weighted by atomic mass is 16.4. The molecule has 2 N–H and O–H groups in total. The molecule has 23 heavy (non-hydrogen) atoms. The van der Waals surface area contributed by atoms with E-state index in [0.29, 0.717) is 11.8 Å². The van der Waals surface area contributed by atoms with Gasteiger partial charge >= 0.3 is 5.97 Å². The zero-order valence-electron chi connectivity index (χ0n) is 15.3. The van der Waals surface area contributed by atoms with Crippen molar-refractivity contribution in [2.75, 3.05) is 6.61 Å². The van der Waals surface area contributed by atoms with Crippen LogP contribution in [0.15, 0.2) is 11.6 Å². The molecule has 3 nitrogen and oxygen atoms in total. The van der Waals surface area contributed by atoms with Crippen LogP contribution in [0.5, 0.6) is 0 Å². The first kappa shape index (κ1) is 18.5. The molecular formula is C20H34O3. The van der Waals surface area contributed by atoms with E-state index in [1.807, 2.05) is 0 Å². The van der Waals surface area contributed by atoms with Crippen molar-refractivity contribution in [2.24, 2.45) is 28.6 Å². The second-order valence-corrected chi connectivity index (χ2v) is 8.62. The molecule has 0 radical (unpaired) electrons. The average molecular weight is 322 g/mol. The van der Waals surface area contributed by atoms with Gasteiger partial charge in [0.25, 0.3) is 0 Å². The summed E-state index contributed by atoms with van der Waals surface area (Å²) in [7, 11) is 0. The number of carboxylic acid groups (broad SMARTS) is 1.